The summed E-state index contributed by atoms with van der Waals surface area (Å²) in [4.78, 5) is 0. The molecule has 0 saturated carbocycles. The van der Waals surface area contributed by atoms with Crippen LogP contribution < -0.4 is 0 Å². The van der Waals surface area contributed by atoms with Crippen molar-refractivity contribution in [2.45, 2.75) is 0 Å². The van der Waals surface area contributed by atoms with Crippen LogP contribution in [0.2, 0.25) is 0 Å². The molecule has 0 aromatic carbocycles. The molecule has 0 N–H and O–H groups in total. The first-order chi connectivity index (χ1) is 4.22. The van der Waals surface area contributed by atoms with Gasteiger partial charge in [0.25, 0.3) is 0 Å². The van der Waals surface area contributed by atoms with Crippen molar-refractivity contribution in [2.24, 2.45) is 0 Å². The van der Waals surface area contributed by atoms with E-state index in [1.165, 1.54) is 7.14 Å². The molecular formula is C5H2I3O+. The highest BCUT2D eigenvalue weighted by Crippen LogP contribution is 2.19. The molecule has 0 radical (unpaired) electrons. The molecule has 9 heavy (non-hydrogen) atoms. The van der Waals surface area contributed by atoms with E-state index < -0.39 is 0 Å². The van der Waals surface area contributed by atoms with Crippen LogP contribution in [0.15, 0.2) is 16.7 Å². The summed E-state index contributed by atoms with van der Waals surface area (Å²) in [6.07, 6.45) is 1.70. The average molecular weight is 459 g/mol. The molecule has 1 aromatic heterocycles. The van der Waals surface area contributed by atoms with E-state index in [4.69, 9.17) is 4.42 Å². The molecule has 1 aromatic rings. The SMILES string of the molecule is Ic1cc[o+]c(I)c1I. The third-order valence-electron chi connectivity index (χ3n) is 0.768. The lowest BCUT2D eigenvalue weighted by molar-refractivity contribution is 0.514. The lowest BCUT2D eigenvalue weighted by Gasteiger charge is -1.85. The highest BCUT2D eigenvalue weighted by molar-refractivity contribution is 14.1. The second-order valence-electron chi connectivity index (χ2n) is 1.36. The van der Waals surface area contributed by atoms with Gasteiger partial charge in [0.1, 0.15) is 3.57 Å². The maximum Gasteiger partial charge on any atom is 0.399 e. The zero-order chi connectivity index (χ0) is 6.85. The van der Waals surface area contributed by atoms with Crippen molar-refractivity contribution in [3.05, 3.63) is 23.2 Å². The quantitative estimate of drug-likeness (QED) is 0.429. The van der Waals surface area contributed by atoms with Crippen LogP contribution in [0, 0.1) is 10.9 Å². The van der Waals surface area contributed by atoms with Crippen molar-refractivity contribution in [3.8, 4) is 0 Å². The van der Waals surface area contributed by atoms with Crippen molar-refractivity contribution in [2.75, 3.05) is 0 Å². The molecular weight excluding hydrogens is 457 g/mol. The van der Waals surface area contributed by atoms with Gasteiger partial charge >= 0.3 is 10.0 Å². The topological polar surface area (TPSA) is 11.3 Å². The van der Waals surface area contributed by atoms with Crippen LogP contribution in [0.1, 0.15) is 0 Å². The fourth-order valence-electron chi connectivity index (χ4n) is 0.372. The number of hydrogen-bond acceptors (Lipinski definition) is 0. The van der Waals surface area contributed by atoms with E-state index in [-0.39, 0.29) is 0 Å². The Bertz CT molecular complexity index is 203. The van der Waals surface area contributed by atoms with E-state index in [0.717, 1.165) is 3.77 Å². The fraction of sp³-hybridized carbons (Fsp3) is 0. The third-order valence-corrected chi connectivity index (χ3v) is 5.60. The first-order valence-corrected chi connectivity index (χ1v) is 5.37. The van der Waals surface area contributed by atoms with Gasteiger partial charge in [0.15, 0.2) is 0 Å². The predicted molar refractivity (Wildman–Crippen MR) is 61.3 cm³/mol. The summed E-state index contributed by atoms with van der Waals surface area (Å²) in [5, 5.41) is 0. The Hall–Kier alpha value is 1.34. The van der Waals surface area contributed by atoms with E-state index in [2.05, 4.69) is 67.8 Å². The molecule has 0 fully saturated rings. The summed E-state index contributed by atoms with van der Waals surface area (Å²) in [5.74, 6) is 0. The third kappa shape index (κ3) is 2.14. The van der Waals surface area contributed by atoms with Crippen molar-refractivity contribution < 1.29 is 4.42 Å². The van der Waals surface area contributed by atoms with Crippen LogP contribution in [0.25, 0.3) is 0 Å². The summed E-state index contributed by atoms with van der Waals surface area (Å²) in [6.45, 7) is 0. The van der Waals surface area contributed by atoms with Crippen LogP contribution in [0.4, 0.5) is 0 Å². The molecule has 0 unspecified atom stereocenters. The van der Waals surface area contributed by atoms with E-state index in [0.29, 0.717) is 0 Å². The average Bonchev–Trinajstić information content (AvgIpc) is 1.83. The highest BCUT2D eigenvalue weighted by atomic mass is 127. The van der Waals surface area contributed by atoms with Crippen LogP contribution in [0.5, 0.6) is 0 Å². The summed E-state index contributed by atoms with van der Waals surface area (Å²) >= 11 is 6.71. The van der Waals surface area contributed by atoms with Gasteiger partial charge in [-0.1, -0.05) is 0 Å². The van der Waals surface area contributed by atoms with Gasteiger partial charge in [-0.3, -0.25) is 0 Å². The first-order valence-electron chi connectivity index (χ1n) is 2.13. The molecule has 4 heteroatoms. The second kappa shape index (κ2) is 3.65. The Morgan fingerprint density at radius 2 is 1.89 bits per heavy atom. The molecule has 0 bridgehead atoms. The standard InChI is InChI=1S/C5H2I3O/c6-3-1-2-9-5(8)4(3)7/h1-2H/q+1. The van der Waals surface area contributed by atoms with Gasteiger partial charge in [0.2, 0.25) is 0 Å². The largest absolute Gasteiger partial charge is 0.399 e. The number of halogens is 3. The molecule has 1 nitrogen and oxygen atoms in total. The molecule has 0 saturated heterocycles. The summed E-state index contributed by atoms with van der Waals surface area (Å²) in [7, 11) is 0. The van der Waals surface area contributed by atoms with Gasteiger partial charge in [-0.15, -0.1) is 0 Å². The van der Waals surface area contributed by atoms with E-state index >= 15 is 0 Å². The Balaban J connectivity index is 3.25. The monoisotopic (exact) mass is 459 g/mol. The van der Waals surface area contributed by atoms with E-state index in [9.17, 15) is 0 Å². The molecule has 1 heterocycles. The van der Waals surface area contributed by atoms with Crippen LogP contribution in [0.3, 0.4) is 0 Å². The van der Waals surface area contributed by atoms with Crippen LogP contribution in [-0.2, 0) is 0 Å². The Labute approximate surface area is 94.0 Å². The molecule has 0 amide bonds. The van der Waals surface area contributed by atoms with Gasteiger partial charge in [0.05, 0.1) is 22.6 Å². The van der Waals surface area contributed by atoms with Gasteiger partial charge in [0, 0.05) is 9.64 Å². The minimum absolute atomic E-state index is 0.958. The van der Waals surface area contributed by atoms with Crippen molar-refractivity contribution in [3.63, 3.8) is 0 Å². The predicted octanol–water partition coefficient (Wildman–Crippen LogP) is 3.37. The molecule has 0 aliphatic rings. The Kier molecular flexibility index (Phi) is 3.42. The normalized spacial score (nSPS) is 9.67. The summed E-state index contributed by atoms with van der Waals surface area (Å²) in [6, 6.07) is 1.95. The molecule has 0 aliphatic carbocycles. The number of hydrogen-bond donors (Lipinski definition) is 0. The second-order valence-corrected chi connectivity index (χ2v) is 4.58. The smallest absolute Gasteiger partial charge is 0.209 e. The number of rotatable bonds is 0. The molecule has 0 spiro atoms. The zero-order valence-electron chi connectivity index (χ0n) is 4.20. The molecule has 0 aliphatic heterocycles. The van der Waals surface area contributed by atoms with Gasteiger partial charge in [-0.05, 0) is 45.2 Å². The summed E-state index contributed by atoms with van der Waals surface area (Å²) < 4.78 is 8.50. The van der Waals surface area contributed by atoms with Gasteiger partial charge < -0.3 is 0 Å². The van der Waals surface area contributed by atoms with E-state index in [1.54, 1.807) is 6.26 Å². The molecule has 1 rings (SSSR count). The molecule has 48 valence electrons. The summed E-state index contributed by atoms with van der Waals surface area (Å²) in [5.41, 5.74) is 0. The zero-order valence-corrected chi connectivity index (χ0v) is 10.7. The van der Waals surface area contributed by atoms with Gasteiger partial charge in [-0.25, -0.2) is 4.42 Å². The Morgan fingerprint density at radius 3 is 2.33 bits per heavy atom. The molecule has 0 atom stereocenters. The van der Waals surface area contributed by atoms with Crippen molar-refractivity contribution in [1.29, 1.82) is 0 Å². The van der Waals surface area contributed by atoms with Gasteiger partial charge in [-0.2, -0.15) is 0 Å². The minimum atomic E-state index is 0.958. The lowest BCUT2D eigenvalue weighted by atomic mass is 10.5. The maximum atomic E-state index is 5.11. The lowest BCUT2D eigenvalue weighted by Crippen LogP contribution is -1.81. The van der Waals surface area contributed by atoms with Crippen LogP contribution >= 0.6 is 67.8 Å². The van der Waals surface area contributed by atoms with Crippen molar-refractivity contribution >= 4 is 67.8 Å². The first kappa shape index (κ1) is 8.44. The minimum Gasteiger partial charge on any atom is -0.209 e. The highest BCUT2D eigenvalue weighted by Gasteiger charge is 2.10. The Morgan fingerprint density at radius 1 is 1.22 bits per heavy atom. The fourth-order valence-corrected chi connectivity index (χ4v) is 2.02. The van der Waals surface area contributed by atoms with Crippen molar-refractivity contribution in [1.82, 2.24) is 0 Å². The van der Waals surface area contributed by atoms with Crippen LogP contribution in [-0.4, -0.2) is 0 Å². The maximum absolute atomic E-state index is 5.11. The van der Waals surface area contributed by atoms with E-state index in [1.807, 2.05) is 6.07 Å².